The predicted molar refractivity (Wildman–Crippen MR) is 89.1 cm³/mol. The molecule has 0 amide bonds. The Morgan fingerprint density at radius 1 is 1.00 bits per heavy atom. The van der Waals surface area contributed by atoms with Gasteiger partial charge in [0.2, 0.25) is 0 Å². The van der Waals surface area contributed by atoms with Crippen molar-refractivity contribution in [2.24, 2.45) is 0 Å². The van der Waals surface area contributed by atoms with Gasteiger partial charge in [-0.1, -0.05) is 54.6 Å². The highest BCUT2D eigenvalue weighted by Crippen LogP contribution is 2.36. The molecule has 2 aromatic carbocycles. The van der Waals surface area contributed by atoms with Gasteiger partial charge in [-0.25, -0.2) is 0 Å². The third kappa shape index (κ3) is 2.97. The van der Waals surface area contributed by atoms with Crippen LogP contribution in [0.4, 0.5) is 5.69 Å². The summed E-state index contributed by atoms with van der Waals surface area (Å²) in [4.78, 5) is 2.32. The van der Waals surface area contributed by atoms with Crippen LogP contribution in [0.25, 0.3) is 5.57 Å². The molecule has 1 aliphatic rings. The average molecular weight is 300 g/mol. The maximum atomic E-state index is 6.47. The van der Waals surface area contributed by atoms with E-state index in [4.69, 9.17) is 16.3 Å². The number of ether oxygens (including phenoxy) is 1. The van der Waals surface area contributed by atoms with Gasteiger partial charge in [0.05, 0.1) is 18.2 Å². The van der Waals surface area contributed by atoms with Gasteiger partial charge in [-0.15, -0.1) is 0 Å². The van der Waals surface area contributed by atoms with Crippen molar-refractivity contribution < 1.29 is 4.74 Å². The van der Waals surface area contributed by atoms with E-state index >= 15 is 0 Å². The van der Waals surface area contributed by atoms with Gasteiger partial charge in [-0.3, -0.25) is 0 Å². The summed E-state index contributed by atoms with van der Waals surface area (Å²) in [5, 5.41) is 0.743. The van der Waals surface area contributed by atoms with Crippen LogP contribution >= 0.6 is 11.6 Å². The Bertz CT molecular complexity index is 633. The Morgan fingerprint density at radius 2 is 1.71 bits per heavy atom. The van der Waals surface area contributed by atoms with E-state index in [-0.39, 0.29) is 0 Å². The summed E-state index contributed by atoms with van der Waals surface area (Å²) in [7, 11) is 0. The number of benzene rings is 2. The molecule has 0 aromatic heterocycles. The summed E-state index contributed by atoms with van der Waals surface area (Å²) < 4.78 is 5.44. The molecular weight excluding hydrogens is 282 g/mol. The first-order valence-electron chi connectivity index (χ1n) is 7.13. The number of morpholine rings is 1. The van der Waals surface area contributed by atoms with E-state index in [9.17, 15) is 0 Å². The smallest absolute Gasteiger partial charge is 0.0642 e. The minimum absolute atomic E-state index is 0.743. The molecule has 0 atom stereocenters. The van der Waals surface area contributed by atoms with Crippen LogP contribution in [-0.4, -0.2) is 26.3 Å². The molecule has 0 bridgehead atoms. The summed E-state index contributed by atoms with van der Waals surface area (Å²) in [6, 6.07) is 16.2. The quantitative estimate of drug-likeness (QED) is 0.840. The summed E-state index contributed by atoms with van der Waals surface area (Å²) in [5.41, 5.74) is 4.22. The SMILES string of the molecule is C=C(c1ccccc1)c1c(Cl)cccc1N1CCOCC1. The molecule has 3 heteroatoms. The van der Waals surface area contributed by atoms with E-state index in [0.717, 1.165) is 53.7 Å². The van der Waals surface area contributed by atoms with Gasteiger partial charge >= 0.3 is 0 Å². The van der Waals surface area contributed by atoms with E-state index in [1.807, 2.05) is 30.3 Å². The Balaban J connectivity index is 2.02. The van der Waals surface area contributed by atoms with Crippen molar-refractivity contribution in [3.8, 4) is 0 Å². The Hall–Kier alpha value is -1.77. The van der Waals surface area contributed by atoms with E-state index in [2.05, 4.69) is 29.7 Å². The minimum Gasteiger partial charge on any atom is -0.378 e. The zero-order valence-corrected chi connectivity index (χ0v) is 12.6. The lowest BCUT2D eigenvalue weighted by atomic mass is 9.97. The third-order valence-corrected chi connectivity index (χ3v) is 4.08. The Kier molecular flexibility index (Phi) is 4.28. The van der Waals surface area contributed by atoms with Gasteiger partial charge < -0.3 is 9.64 Å². The van der Waals surface area contributed by atoms with Crippen LogP contribution in [0.15, 0.2) is 55.1 Å². The van der Waals surface area contributed by atoms with Crippen molar-refractivity contribution >= 4 is 22.9 Å². The molecule has 0 spiro atoms. The van der Waals surface area contributed by atoms with Gasteiger partial charge in [0, 0.05) is 24.3 Å². The van der Waals surface area contributed by atoms with Crippen molar-refractivity contribution in [3.05, 3.63) is 71.3 Å². The first kappa shape index (κ1) is 14.2. The molecule has 0 aliphatic carbocycles. The van der Waals surface area contributed by atoms with Crippen LogP contribution < -0.4 is 4.90 Å². The molecule has 2 aromatic rings. The predicted octanol–water partition coefficient (Wildman–Crippen LogP) is 4.24. The first-order chi connectivity index (χ1) is 10.3. The highest BCUT2D eigenvalue weighted by atomic mass is 35.5. The lowest BCUT2D eigenvalue weighted by Gasteiger charge is -2.31. The molecule has 1 aliphatic heterocycles. The van der Waals surface area contributed by atoms with Crippen molar-refractivity contribution in [2.45, 2.75) is 0 Å². The molecule has 3 rings (SSSR count). The molecule has 108 valence electrons. The number of hydrogen-bond donors (Lipinski definition) is 0. The second-order valence-electron chi connectivity index (χ2n) is 5.08. The van der Waals surface area contributed by atoms with Gasteiger partial charge in [-0.05, 0) is 23.3 Å². The molecule has 1 heterocycles. The Labute approximate surface area is 130 Å². The van der Waals surface area contributed by atoms with E-state index in [0.29, 0.717) is 0 Å². The van der Waals surface area contributed by atoms with Gasteiger partial charge in [0.1, 0.15) is 0 Å². The Morgan fingerprint density at radius 3 is 2.43 bits per heavy atom. The number of hydrogen-bond acceptors (Lipinski definition) is 2. The minimum atomic E-state index is 0.743. The lowest BCUT2D eigenvalue weighted by Crippen LogP contribution is -2.36. The van der Waals surface area contributed by atoms with Gasteiger partial charge in [0.25, 0.3) is 0 Å². The normalized spacial score (nSPS) is 15.0. The van der Waals surface area contributed by atoms with Crippen LogP contribution in [0.5, 0.6) is 0 Å². The average Bonchev–Trinajstić information content (AvgIpc) is 2.55. The number of anilines is 1. The van der Waals surface area contributed by atoms with Crippen LogP contribution in [0.2, 0.25) is 5.02 Å². The fraction of sp³-hybridized carbons (Fsp3) is 0.222. The molecular formula is C18H18ClNO. The van der Waals surface area contributed by atoms with E-state index in [1.165, 1.54) is 0 Å². The van der Waals surface area contributed by atoms with Gasteiger partial charge in [0.15, 0.2) is 0 Å². The molecule has 1 fully saturated rings. The molecule has 0 unspecified atom stereocenters. The van der Waals surface area contributed by atoms with Crippen molar-refractivity contribution in [3.63, 3.8) is 0 Å². The molecule has 0 N–H and O–H groups in total. The van der Waals surface area contributed by atoms with Crippen LogP contribution in [0.3, 0.4) is 0 Å². The molecule has 21 heavy (non-hydrogen) atoms. The third-order valence-electron chi connectivity index (χ3n) is 3.77. The fourth-order valence-corrected chi connectivity index (χ4v) is 2.95. The molecule has 2 nitrogen and oxygen atoms in total. The summed E-state index contributed by atoms with van der Waals surface area (Å²) in [5.74, 6) is 0. The highest BCUT2D eigenvalue weighted by Gasteiger charge is 2.18. The maximum Gasteiger partial charge on any atom is 0.0642 e. The summed E-state index contributed by atoms with van der Waals surface area (Å²) in [6.07, 6.45) is 0. The molecule has 0 saturated carbocycles. The highest BCUT2D eigenvalue weighted by molar-refractivity contribution is 6.33. The van der Waals surface area contributed by atoms with Crippen LogP contribution in [-0.2, 0) is 4.74 Å². The van der Waals surface area contributed by atoms with E-state index in [1.54, 1.807) is 0 Å². The zero-order chi connectivity index (χ0) is 14.7. The second-order valence-corrected chi connectivity index (χ2v) is 5.49. The van der Waals surface area contributed by atoms with Crippen molar-refractivity contribution in [1.29, 1.82) is 0 Å². The van der Waals surface area contributed by atoms with Crippen LogP contribution in [0.1, 0.15) is 11.1 Å². The number of rotatable bonds is 3. The lowest BCUT2D eigenvalue weighted by molar-refractivity contribution is 0.122. The largest absolute Gasteiger partial charge is 0.378 e. The zero-order valence-electron chi connectivity index (χ0n) is 11.9. The monoisotopic (exact) mass is 299 g/mol. The maximum absolute atomic E-state index is 6.47. The van der Waals surface area contributed by atoms with Crippen molar-refractivity contribution in [2.75, 3.05) is 31.2 Å². The number of halogens is 1. The molecule has 1 saturated heterocycles. The van der Waals surface area contributed by atoms with E-state index < -0.39 is 0 Å². The first-order valence-corrected chi connectivity index (χ1v) is 7.51. The van der Waals surface area contributed by atoms with Crippen LogP contribution in [0, 0.1) is 0 Å². The molecule has 0 radical (unpaired) electrons. The number of nitrogens with zero attached hydrogens (tertiary/aromatic N) is 1. The fourth-order valence-electron chi connectivity index (χ4n) is 2.66. The second kappa shape index (κ2) is 6.33. The topological polar surface area (TPSA) is 12.5 Å². The van der Waals surface area contributed by atoms with Crippen molar-refractivity contribution in [1.82, 2.24) is 0 Å². The standard InChI is InChI=1S/C18H18ClNO/c1-14(15-6-3-2-4-7-15)18-16(19)8-5-9-17(18)20-10-12-21-13-11-20/h2-9H,1,10-13H2. The van der Waals surface area contributed by atoms with Gasteiger partial charge in [-0.2, -0.15) is 0 Å². The summed E-state index contributed by atoms with van der Waals surface area (Å²) in [6.45, 7) is 7.55. The summed E-state index contributed by atoms with van der Waals surface area (Å²) >= 11 is 6.47.